The molecule has 7 nitrogen and oxygen atoms in total. The molecule has 1 amide bonds. The number of amides is 1. The molecule has 0 aliphatic rings. The van der Waals surface area contributed by atoms with Crippen molar-refractivity contribution in [1.29, 1.82) is 0 Å². The number of nitrogens with one attached hydrogen (secondary N) is 1. The first-order chi connectivity index (χ1) is 9.69. The molecule has 0 bridgehead atoms. The second-order valence-corrected chi connectivity index (χ2v) is 6.15. The third-order valence-corrected chi connectivity index (χ3v) is 4.30. The molecule has 3 N–H and O–H groups in total. The molecule has 0 aliphatic heterocycles. The van der Waals surface area contributed by atoms with Crippen LogP contribution in [-0.2, 0) is 19.6 Å². The van der Waals surface area contributed by atoms with Gasteiger partial charge < -0.3 is 10.5 Å². The van der Waals surface area contributed by atoms with E-state index < -0.39 is 27.9 Å². The Labute approximate surface area is 123 Å². The monoisotopic (exact) mass is 314 g/mol. The number of aryl methyl sites for hydroxylation is 1. The van der Waals surface area contributed by atoms with Crippen LogP contribution >= 0.6 is 0 Å². The first kappa shape index (κ1) is 17.1. The van der Waals surface area contributed by atoms with Crippen molar-refractivity contribution in [2.75, 3.05) is 6.61 Å². The number of hydrogen-bond acceptors (Lipinski definition) is 5. The van der Waals surface area contributed by atoms with Gasteiger partial charge >= 0.3 is 5.97 Å². The number of rotatable bonds is 6. The number of carbonyl (C=O) groups is 2. The third kappa shape index (κ3) is 4.27. The molecule has 0 fully saturated rings. The van der Waals surface area contributed by atoms with Gasteiger partial charge in [-0.05, 0) is 38.5 Å². The second kappa shape index (κ2) is 6.68. The smallest absolute Gasteiger partial charge is 0.323 e. The molecular formula is C13H18N2O5S. The highest BCUT2D eigenvalue weighted by molar-refractivity contribution is 7.89. The van der Waals surface area contributed by atoms with Crippen LogP contribution in [0.4, 0.5) is 0 Å². The van der Waals surface area contributed by atoms with Crippen molar-refractivity contribution in [2.24, 2.45) is 5.73 Å². The Morgan fingerprint density at radius 3 is 2.52 bits per heavy atom. The van der Waals surface area contributed by atoms with Crippen molar-refractivity contribution in [3.05, 3.63) is 29.3 Å². The Kier molecular flexibility index (Phi) is 5.45. The van der Waals surface area contributed by atoms with Crippen molar-refractivity contribution in [3.63, 3.8) is 0 Å². The van der Waals surface area contributed by atoms with Gasteiger partial charge in [0.1, 0.15) is 6.04 Å². The number of sulfonamides is 1. The van der Waals surface area contributed by atoms with Gasteiger partial charge in [0, 0.05) is 5.56 Å². The van der Waals surface area contributed by atoms with E-state index in [0.717, 1.165) is 0 Å². The average Bonchev–Trinajstić information content (AvgIpc) is 2.38. The zero-order valence-electron chi connectivity index (χ0n) is 12.0. The first-order valence-corrected chi connectivity index (χ1v) is 7.76. The van der Waals surface area contributed by atoms with E-state index in [2.05, 4.69) is 4.72 Å². The molecular weight excluding hydrogens is 296 g/mol. The van der Waals surface area contributed by atoms with Crippen molar-refractivity contribution < 1.29 is 22.7 Å². The standard InChI is InChI=1S/C13H18N2O5S/c1-4-20-13(17)9(3)15-21(18,19)10-6-5-8(2)11(7-10)12(14)16/h5-7,9,15H,4H2,1-3H3,(H2,14,16). The summed E-state index contributed by atoms with van der Waals surface area (Å²) in [6.07, 6.45) is 0. The summed E-state index contributed by atoms with van der Waals surface area (Å²) in [4.78, 5) is 22.6. The largest absolute Gasteiger partial charge is 0.465 e. The number of benzene rings is 1. The fraction of sp³-hybridized carbons (Fsp3) is 0.385. The van der Waals surface area contributed by atoms with E-state index in [0.29, 0.717) is 5.56 Å². The summed E-state index contributed by atoms with van der Waals surface area (Å²) in [5.41, 5.74) is 5.87. The Morgan fingerprint density at radius 2 is 2.00 bits per heavy atom. The second-order valence-electron chi connectivity index (χ2n) is 4.44. The number of carbonyl (C=O) groups excluding carboxylic acids is 2. The Balaban J connectivity index is 3.06. The van der Waals surface area contributed by atoms with Crippen LogP contribution < -0.4 is 10.5 Å². The maximum absolute atomic E-state index is 12.2. The van der Waals surface area contributed by atoms with Crippen LogP contribution in [0.5, 0.6) is 0 Å². The van der Waals surface area contributed by atoms with Crippen LogP contribution in [0, 0.1) is 6.92 Å². The Morgan fingerprint density at radius 1 is 1.38 bits per heavy atom. The van der Waals surface area contributed by atoms with E-state index in [1.165, 1.54) is 25.1 Å². The minimum atomic E-state index is -3.95. The molecule has 0 saturated heterocycles. The van der Waals surface area contributed by atoms with Crippen LogP contribution in [0.15, 0.2) is 23.1 Å². The van der Waals surface area contributed by atoms with E-state index in [1.54, 1.807) is 13.8 Å². The van der Waals surface area contributed by atoms with Gasteiger partial charge in [-0.15, -0.1) is 0 Å². The van der Waals surface area contributed by atoms with Gasteiger partial charge in [0.2, 0.25) is 15.9 Å². The quantitative estimate of drug-likeness (QED) is 0.734. The maximum atomic E-state index is 12.2. The predicted octanol–water partition coefficient (Wildman–Crippen LogP) is 0.324. The Hall–Kier alpha value is -1.93. The lowest BCUT2D eigenvalue weighted by Crippen LogP contribution is -2.39. The van der Waals surface area contributed by atoms with E-state index >= 15 is 0 Å². The summed E-state index contributed by atoms with van der Waals surface area (Å²) in [5.74, 6) is -1.40. The number of hydrogen-bond donors (Lipinski definition) is 2. The molecule has 116 valence electrons. The van der Waals surface area contributed by atoms with Crippen LogP contribution in [0.1, 0.15) is 29.8 Å². The number of primary amides is 1. The molecule has 0 aliphatic carbocycles. The van der Waals surface area contributed by atoms with Crippen molar-refractivity contribution in [1.82, 2.24) is 4.72 Å². The highest BCUT2D eigenvalue weighted by Gasteiger charge is 2.23. The minimum Gasteiger partial charge on any atom is -0.465 e. The van der Waals surface area contributed by atoms with Crippen LogP contribution in [0.3, 0.4) is 0 Å². The van der Waals surface area contributed by atoms with Crippen molar-refractivity contribution in [2.45, 2.75) is 31.7 Å². The van der Waals surface area contributed by atoms with Gasteiger partial charge in [-0.3, -0.25) is 9.59 Å². The molecule has 0 radical (unpaired) electrons. The fourth-order valence-electron chi connectivity index (χ4n) is 1.65. The van der Waals surface area contributed by atoms with Gasteiger partial charge in [0.15, 0.2) is 0 Å². The third-order valence-electron chi connectivity index (χ3n) is 2.76. The molecule has 1 aromatic rings. The van der Waals surface area contributed by atoms with Crippen LogP contribution in [0.2, 0.25) is 0 Å². The zero-order valence-corrected chi connectivity index (χ0v) is 12.9. The molecule has 8 heteroatoms. The van der Waals surface area contributed by atoms with Crippen molar-refractivity contribution in [3.8, 4) is 0 Å². The summed E-state index contributed by atoms with van der Waals surface area (Å²) in [6.45, 7) is 4.80. The molecule has 0 spiro atoms. The van der Waals surface area contributed by atoms with E-state index in [4.69, 9.17) is 10.5 Å². The summed E-state index contributed by atoms with van der Waals surface area (Å²) < 4.78 is 31.2. The summed E-state index contributed by atoms with van der Waals surface area (Å²) in [5, 5.41) is 0. The van der Waals surface area contributed by atoms with Crippen LogP contribution in [-0.4, -0.2) is 32.9 Å². The molecule has 1 unspecified atom stereocenters. The molecule has 0 aromatic heterocycles. The zero-order chi connectivity index (χ0) is 16.2. The predicted molar refractivity (Wildman–Crippen MR) is 76.1 cm³/mol. The minimum absolute atomic E-state index is 0.113. The van der Waals surface area contributed by atoms with Gasteiger partial charge in [0.25, 0.3) is 0 Å². The Bertz CT molecular complexity index is 655. The van der Waals surface area contributed by atoms with E-state index in [-0.39, 0.29) is 17.1 Å². The van der Waals surface area contributed by atoms with E-state index in [9.17, 15) is 18.0 Å². The molecule has 1 atom stereocenters. The normalized spacial score (nSPS) is 12.7. The molecule has 1 rings (SSSR count). The summed E-state index contributed by atoms with van der Waals surface area (Å²) in [7, 11) is -3.95. The van der Waals surface area contributed by atoms with Gasteiger partial charge in [-0.25, -0.2) is 8.42 Å². The highest BCUT2D eigenvalue weighted by Crippen LogP contribution is 2.15. The molecule has 1 aromatic carbocycles. The topological polar surface area (TPSA) is 116 Å². The summed E-state index contributed by atoms with van der Waals surface area (Å²) >= 11 is 0. The molecule has 0 saturated carbocycles. The number of nitrogens with two attached hydrogens (primary N) is 1. The lowest BCUT2D eigenvalue weighted by molar-refractivity contribution is -0.144. The lowest BCUT2D eigenvalue weighted by atomic mass is 10.1. The molecule has 0 heterocycles. The first-order valence-electron chi connectivity index (χ1n) is 6.28. The van der Waals surface area contributed by atoms with Crippen LogP contribution in [0.25, 0.3) is 0 Å². The fourth-order valence-corrected chi connectivity index (χ4v) is 2.87. The lowest BCUT2D eigenvalue weighted by Gasteiger charge is -2.14. The SMILES string of the molecule is CCOC(=O)C(C)NS(=O)(=O)c1ccc(C)c(C(N)=O)c1. The summed E-state index contributed by atoms with van der Waals surface area (Å²) in [6, 6.07) is 2.96. The number of ether oxygens (including phenoxy) is 1. The molecule has 21 heavy (non-hydrogen) atoms. The van der Waals surface area contributed by atoms with Gasteiger partial charge in [0.05, 0.1) is 11.5 Å². The van der Waals surface area contributed by atoms with Gasteiger partial charge in [-0.1, -0.05) is 6.07 Å². The highest BCUT2D eigenvalue weighted by atomic mass is 32.2. The average molecular weight is 314 g/mol. The maximum Gasteiger partial charge on any atom is 0.323 e. The van der Waals surface area contributed by atoms with Gasteiger partial charge in [-0.2, -0.15) is 4.72 Å². The van der Waals surface area contributed by atoms with E-state index in [1.807, 2.05) is 0 Å². The van der Waals surface area contributed by atoms with Crippen molar-refractivity contribution >= 4 is 21.9 Å². The number of esters is 1.